The summed E-state index contributed by atoms with van der Waals surface area (Å²) < 4.78 is 12.7. The fourth-order valence-electron chi connectivity index (χ4n) is 1.42. The van der Waals surface area contributed by atoms with Crippen molar-refractivity contribution in [2.75, 3.05) is 0 Å². The van der Waals surface area contributed by atoms with E-state index in [1.165, 1.54) is 30.3 Å². The number of allylic oxidation sites excluding steroid dienone is 1. The summed E-state index contributed by atoms with van der Waals surface area (Å²) in [5.41, 5.74) is 1.65. The number of benzene rings is 1. The molecule has 1 aromatic heterocycles. The van der Waals surface area contributed by atoms with Gasteiger partial charge >= 0.3 is 0 Å². The van der Waals surface area contributed by atoms with Crippen LogP contribution >= 0.6 is 11.3 Å². The molecular formula is C14H11FOS. The van der Waals surface area contributed by atoms with E-state index in [2.05, 4.69) is 0 Å². The highest BCUT2D eigenvalue weighted by molar-refractivity contribution is 7.11. The van der Waals surface area contributed by atoms with Crippen LogP contribution < -0.4 is 0 Å². The fraction of sp³-hybridized carbons (Fsp3) is 0.0714. The molecule has 0 fully saturated rings. The molecule has 0 aliphatic rings. The van der Waals surface area contributed by atoms with E-state index in [1.807, 2.05) is 18.4 Å². The van der Waals surface area contributed by atoms with Gasteiger partial charge in [-0.2, -0.15) is 0 Å². The molecule has 0 N–H and O–H groups in total. The molecule has 0 amide bonds. The molecule has 0 saturated carbocycles. The van der Waals surface area contributed by atoms with E-state index >= 15 is 0 Å². The summed E-state index contributed by atoms with van der Waals surface area (Å²) in [6, 6.07) is 7.56. The average molecular weight is 246 g/mol. The molecule has 0 unspecified atom stereocenters. The molecule has 3 heteroatoms. The Bertz CT molecular complexity index is 552. The fourth-order valence-corrected chi connectivity index (χ4v) is 2.24. The van der Waals surface area contributed by atoms with Crippen LogP contribution in [0.3, 0.4) is 0 Å². The number of hydrogen-bond acceptors (Lipinski definition) is 2. The molecule has 0 aliphatic carbocycles. The number of hydrogen-bond donors (Lipinski definition) is 0. The maximum Gasteiger partial charge on any atom is 0.185 e. The smallest absolute Gasteiger partial charge is 0.185 e. The van der Waals surface area contributed by atoms with E-state index in [-0.39, 0.29) is 11.6 Å². The van der Waals surface area contributed by atoms with Crippen LogP contribution in [0.5, 0.6) is 0 Å². The normalized spacial score (nSPS) is 10.9. The Kier molecular flexibility index (Phi) is 3.49. The summed E-state index contributed by atoms with van der Waals surface area (Å²) >= 11 is 1.59. The zero-order valence-corrected chi connectivity index (χ0v) is 10.1. The van der Waals surface area contributed by atoms with Crippen molar-refractivity contribution >= 4 is 23.2 Å². The van der Waals surface area contributed by atoms with Gasteiger partial charge in [-0.25, -0.2) is 4.39 Å². The molecule has 0 aliphatic heterocycles. The molecule has 0 spiro atoms. The second-order valence-corrected chi connectivity index (χ2v) is 4.62. The van der Waals surface area contributed by atoms with Crippen LogP contribution in [0.15, 0.2) is 41.8 Å². The molecular weight excluding hydrogens is 235 g/mol. The van der Waals surface area contributed by atoms with Crippen molar-refractivity contribution in [2.24, 2.45) is 0 Å². The number of halogens is 1. The van der Waals surface area contributed by atoms with E-state index in [9.17, 15) is 9.18 Å². The molecule has 2 rings (SSSR count). The molecule has 86 valence electrons. The number of aryl methyl sites for hydroxylation is 1. The lowest BCUT2D eigenvalue weighted by molar-refractivity contribution is 0.104. The van der Waals surface area contributed by atoms with Gasteiger partial charge in [-0.15, -0.1) is 11.3 Å². The van der Waals surface area contributed by atoms with Crippen LogP contribution in [0, 0.1) is 12.7 Å². The van der Waals surface area contributed by atoms with E-state index in [4.69, 9.17) is 0 Å². The molecule has 2 aromatic rings. The zero-order chi connectivity index (χ0) is 12.3. The molecule has 1 heterocycles. The van der Waals surface area contributed by atoms with Crippen molar-refractivity contribution < 1.29 is 9.18 Å². The summed E-state index contributed by atoms with van der Waals surface area (Å²) in [5.74, 6) is -0.447. The summed E-state index contributed by atoms with van der Waals surface area (Å²) in [6.45, 7) is 2.00. The molecule has 0 bridgehead atoms. The summed E-state index contributed by atoms with van der Waals surface area (Å²) in [5, 5.41) is 1.98. The van der Waals surface area contributed by atoms with Crippen LogP contribution in [0.4, 0.5) is 4.39 Å². The predicted octanol–water partition coefficient (Wildman–Crippen LogP) is 4.09. The first kappa shape index (κ1) is 11.7. The van der Waals surface area contributed by atoms with Gasteiger partial charge in [0.05, 0.1) is 0 Å². The Morgan fingerprint density at radius 2 is 1.94 bits per heavy atom. The highest BCUT2D eigenvalue weighted by Crippen LogP contribution is 2.17. The highest BCUT2D eigenvalue weighted by Gasteiger charge is 2.02. The minimum Gasteiger partial charge on any atom is -0.289 e. The predicted molar refractivity (Wildman–Crippen MR) is 68.8 cm³/mol. The van der Waals surface area contributed by atoms with Gasteiger partial charge in [0.15, 0.2) is 5.78 Å². The summed E-state index contributed by atoms with van der Waals surface area (Å²) in [7, 11) is 0. The first-order chi connectivity index (χ1) is 8.16. The van der Waals surface area contributed by atoms with Gasteiger partial charge in [0.1, 0.15) is 5.82 Å². The van der Waals surface area contributed by atoms with Crippen LogP contribution in [-0.4, -0.2) is 5.78 Å². The van der Waals surface area contributed by atoms with Crippen molar-refractivity contribution in [2.45, 2.75) is 6.92 Å². The molecule has 1 nitrogen and oxygen atoms in total. The SMILES string of the molecule is Cc1ccsc1C=CC(=O)c1ccc(F)cc1. The Morgan fingerprint density at radius 3 is 2.53 bits per heavy atom. The second-order valence-electron chi connectivity index (χ2n) is 3.67. The standard InChI is InChI=1S/C14H11FOS/c1-10-8-9-17-14(10)7-6-13(16)11-2-4-12(15)5-3-11/h2-9H,1H3. The van der Waals surface area contributed by atoms with Crippen LogP contribution in [0.25, 0.3) is 6.08 Å². The lowest BCUT2D eigenvalue weighted by Gasteiger charge is -1.95. The van der Waals surface area contributed by atoms with Gasteiger partial charge in [0.25, 0.3) is 0 Å². The molecule has 0 radical (unpaired) electrons. The quantitative estimate of drug-likeness (QED) is 0.589. The van der Waals surface area contributed by atoms with Crippen molar-refractivity contribution in [3.8, 4) is 0 Å². The lowest BCUT2D eigenvalue weighted by Crippen LogP contribution is -1.93. The van der Waals surface area contributed by atoms with E-state index in [0.29, 0.717) is 5.56 Å². The van der Waals surface area contributed by atoms with E-state index in [0.717, 1.165) is 10.4 Å². The monoisotopic (exact) mass is 246 g/mol. The minimum absolute atomic E-state index is 0.113. The first-order valence-corrected chi connectivity index (χ1v) is 6.07. The van der Waals surface area contributed by atoms with E-state index < -0.39 is 0 Å². The van der Waals surface area contributed by atoms with Crippen LogP contribution in [0.1, 0.15) is 20.8 Å². The third kappa shape index (κ3) is 2.88. The van der Waals surface area contributed by atoms with Crippen molar-refractivity contribution in [1.29, 1.82) is 0 Å². The largest absolute Gasteiger partial charge is 0.289 e. The van der Waals surface area contributed by atoms with Crippen molar-refractivity contribution in [3.05, 3.63) is 63.6 Å². The summed E-state index contributed by atoms with van der Waals surface area (Å²) in [6.07, 6.45) is 3.32. The molecule has 1 aromatic carbocycles. The van der Waals surface area contributed by atoms with Gasteiger partial charge in [-0.3, -0.25) is 4.79 Å². The molecule has 0 atom stereocenters. The first-order valence-electron chi connectivity index (χ1n) is 5.19. The van der Waals surface area contributed by atoms with Gasteiger partial charge < -0.3 is 0 Å². The van der Waals surface area contributed by atoms with Gasteiger partial charge in [0.2, 0.25) is 0 Å². The lowest BCUT2D eigenvalue weighted by atomic mass is 10.1. The van der Waals surface area contributed by atoms with Crippen LogP contribution in [0.2, 0.25) is 0 Å². The van der Waals surface area contributed by atoms with Crippen molar-refractivity contribution in [3.63, 3.8) is 0 Å². The molecule has 17 heavy (non-hydrogen) atoms. The minimum atomic E-state index is -0.334. The van der Waals surface area contributed by atoms with Gasteiger partial charge in [-0.1, -0.05) is 0 Å². The Hall–Kier alpha value is -1.74. The number of carbonyl (C=O) groups is 1. The summed E-state index contributed by atoms with van der Waals surface area (Å²) in [4.78, 5) is 12.8. The zero-order valence-electron chi connectivity index (χ0n) is 9.31. The second kappa shape index (κ2) is 5.06. The van der Waals surface area contributed by atoms with Crippen molar-refractivity contribution in [1.82, 2.24) is 0 Å². The number of carbonyl (C=O) groups excluding carboxylic acids is 1. The maximum atomic E-state index is 12.7. The third-order valence-corrected chi connectivity index (χ3v) is 3.40. The van der Waals surface area contributed by atoms with Gasteiger partial charge in [-0.05, 0) is 60.4 Å². The van der Waals surface area contributed by atoms with Gasteiger partial charge in [0, 0.05) is 10.4 Å². The maximum absolute atomic E-state index is 12.7. The Morgan fingerprint density at radius 1 is 1.24 bits per heavy atom. The highest BCUT2D eigenvalue weighted by atomic mass is 32.1. The number of thiophene rings is 1. The topological polar surface area (TPSA) is 17.1 Å². The number of ketones is 1. The third-order valence-electron chi connectivity index (χ3n) is 2.42. The van der Waals surface area contributed by atoms with Crippen LogP contribution in [-0.2, 0) is 0 Å². The van der Waals surface area contributed by atoms with E-state index in [1.54, 1.807) is 17.4 Å². The Labute approximate surface area is 103 Å². The molecule has 0 saturated heterocycles. The average Bonchev–Trinajstić information content (AvgIpc) is 2.73. The Balaban J connectivity index is 2.14. The number of rotatable bonds is 3.